The smallest absolute Gasteiger partial charge is 0.326 e. The molecular weight excluding hydrogens is 303 g/mol. The maximum atomic E-state index is 14.2. The maximum Gasteiger partial charge on any atom is 0.326 e. The Morgan fingerprint density at radius 2 is 1.96 bits per heavy atom. The molecule has 2 heterocycles. The third-order valence-electron chi connectivity index (χ3n) is 4.86. The van der Waals surface area contributed by atoms with Gasteiger partial charge < -0.3 is 4.74 Å². The Hall–Kier alpha value is -2.28. The van der Waals surface area contributed by atoms with Crippen molar-refractivity contribution in [2.45, 2.75) is 18.5 Å². The molecule has 4 atom stereocenters. The molecule has 0 unspecified atom stereocenters. The molecule has 0 spiro atoms. The van der Waals surface area contributed by atoms with Crippen LogP contribution in [-0.4, -0.2) is 42.4 Å². The number of nitrogens with zero attached hydrogens (tertiary/aromatic N) is 1. The number of methoxy groups -OCH3 is 1. The van der Waals surface area contributed by atoms with E-state index in [1.807, 2.05) is 0 Å². The molecule has 0 saturated carbocycles. The van der Waals surface area contributed by atoms with E-state index in [1.165, 1.54) is 27.1 Å². The largest absolute Gasteiger partial charge is 0.468 e. The van der Waals surface area contributed by atoms with Crippen LogP contribution >= 0.6 is 0 Å². The second-order valence-electron chi connectivity index (χ2n) is 6.08. The molecule has 0 aliphatic carbocycles. The Kier molecular flexibility index (Phi) is 3.48. The van der Waals surface area contributed by atoms with E-state index in [9.17, 15) is 18.8 Å². The average molecular weight is 320 g/mol. The Bertz CT molecular complexity index is 707. The van der Waals surface area contributed by atoms with E-state index in [-0.39, 0.29) is 5.56 Å². The van der Waals surface area contributed by atoms with Gasteiger partial charge in [-0.3, -0.25) is 24.6 Å². The van der Waals surface area contributed by atoms with Crippen LogP contribution in [0.3, 0.4) is 0 Å². The van der Waals surface area contributed by atoms with E-state index < -0.39 is 47.0 Å². The first-order valence-corrected chi connectivity index (χ1v) is 7.25. The van der Waals surface area contributed by atoms with Crippen molar-refractivity contribution in [2.75, 3.05) is 14.2 Å². The van der Waals surface area contributed by atoms with Gasteiger partial charge in [0, 0.05) is 18.7 Å². The number of carbonyl (C=O) groups is 3. The Morgan fingerprint density at radius 1 is 1.30 bits per heavy atom. The fourth-order valence-corrected chi connectivity index (χ4v) is 3.68. The molecule has 2 aliphatic heterocycles. The normalized spacial score (nSPS) is 33.0. The minimum atomic E-state index is -1.39. The Balaban J connectivity index is 2.14. The maximum absolute atomic E-state index is 14.2. The number of hydrogen-bond donors (Lipinski definition) is 1. The lowest BCUT2D eigenvalue weighted by Crippen LogP contribution is -2.53. The highest BCUT2D eigenvalue weighted by Crippen LogP contribution is 2.48. The predicted octanol–water partition coefficient (Wildman–Crippen LogP) is 0.633. The molecule has 2 amide bonds. The summed E-state index contributed by atoms with van der Waals surface area (Å²) in [4.78, 5) is 38.2. The molecule has 23 heavy (non-hydrogen) atoms. The van der Waals surface area contributed by atoms with Crippen LogP contribution in [0.4, 0.5) is 4.39 Å². The summed E-state index contributed by atoms with van der Waals surface area (Å²) in [5.41, 5.74) is -1.13. The zero-order valence-electron chi connectivity index (χ0n) is 13.0. The van der Waals surface area contributed by atoms with Gasteiger partial charge >= 0.3 is 5.97 Å². The van der Waals surface area contributed by atoms with E-state index in [1.54, 1.807) is 18.2 Å². The summed E-state index contributed by atoms with van der Waals surface area (Å²) in [7, 11) is 2.59. The molecule has 2 fully saturated rings. The highest BCUT2D eigenvalue weighted by Gasteiger charge is 2.66. The number of rotatable bonds is 2. The second kappa shape index (κ2) is 5.13. The summed E-state index contributed by atoms with van der Waals surface area (Å²) in [5, 5.41) is 2.98. The monoisotopic (exact) mass is 320 g/mol. The molecule has 1 aromatic carbocycles. The topological polar surface area (TPSA) is 75.7 Å². The predicted molar refractivity (Wildman–Crippen MR) is 77.5 cm³/mol. The molecule has 7 heteroatoms. The molecule has 1 aromatic rings. The van der Waals surface area contributed by atoms with Gasteiger partial charge in [0.25, 0.3) is 0 Å². The van der Waals surface area contributed by atoms with Gasteiger partial charge in [-0.25, -0.2) is 4.39 Å². The first-order valence-electron chi connectivity index (χ1n) is 7.25. The number of imide groups is 1. The van der Waals surface area contributed by atoms with Crippen LogP contribution in [-0.2, 0) is 19.1 Å². The molecule has 2 saturated heterocycles. The number of benzene rings is 1. The van der Waals surface area contributed by atoms with E-state index in [4.69, 9.17) is 4.74 Å². The standard InChI is InChI=1S/C16H17FN2O4/c1-16(15(22)23-3)11-10(13(20)19(2)14(11)21)12(18-16)8-6-4-5-7-9(8)17/h4-7,10-12,18H,1-3H3/t10-,11-,12+,16+/m0/s1. The summed E-state index contributed by atoms with van der Waals surface area (Å²) in [5.74, 6) is -3.78. The summed E-state index contributed by atoms with van der Waals surface area (Å²) in [6.07, 6.45) is 0. The number of nitrogens with one attached hydrogen (secondary N) is 1. The van der Waals surface area contributed by atoms with Gasteiger partial charge in [-0.15, -0.1) is 0 Å². The van der Waals surface area contributed by atoms with Crippen LogP contribution < -0.4 is 5.32 Å². The summed E-state index contributed by atoms with van der Waals surface area (Å²) >= 11 is 0. The number of ether oxygens (including phenoxy) is 1. The van der Waals surface area contributed by atoms with E-state index in [2.05, 4.69) is 5.32 Å². The lowest BCUT2D eigenvalue weighted by molar-refractivity contribution is -0.152. The quantitative estimate of drug-likeness (QED) is 0.639. The lowest BCUT2D eigenvalue weighted by atomic mass is 9.80. The van der Waals surface area contributed by atoms with Gasteiger partial charge in [-0.2, -0.15) is 0 Å². The zero-order chi connectivity index (χ0) is 16.9. The first kappa shape index (κ1) is 15.6. The minimum Gasteiger partial charge on any atom is -0.468 e. The highest BCUT2D eigenvalue weighted by molar-refractivity contribution is 6.09. The molecule has 6 nitrogen and oxygen atoms in total. The van der Waals surface area contributed by atoms with Crippen LogP contribution in [0.1, 0.15) is 18.5 Å². The minimum absolute atomic E-state index is 0.256. The zero-order valence-corrected chi connectivity index (χ0v) is 13.0. The van der Waals surface area contributed by atoms with Gasteiger partial charge in [-0.1, -0.05) is 18.2 Å². The van der Waals surface area contributed by atoms with Crippen molar-refractivity contribution < 1.29 is 23.5 Å². The van der Waals surface area contributed by atoms with Crippen molar-refractivity contribution in [2.24, 2.45) is 11.8 Å². The van der Waals surface area contributed by atoms with Crippen molar-refractivity contribution in [1.29, 1.82) is 0 Å². The average Bonchev–Trinajstić information content (AvgIpc) is 2.97. The van der Waals surface area contributed by atoms with Crippen LogP contribution in [0, 0.1) is 17.7 Å². The fraction of sp³-hybridized carbons (Fsp3) is 0.438. The molecule has 3 rings (SSSR count). The molecule has 122 valence electrons. The Labute approximate surface area is 132 Å². The van der Waals surface area contributed by atoms with Crippen LogP contribution in [0.25, 0.3) is 0 Å². The lowest BCUT2D eigenvalue weighted by Gasteiger charge is -2.27. The second-order valence-corrected chi connectivity index (χ2v) is 6.08. The van der Waals surface area contributed by atoms with Crippen LogP contribution in [0.5, 0.6) is 0 Å². The first-order chi connectivity index (χ1) is 10.8. The molecule has 2 aliphatic rings. The van der Waals surface area contributed by atoms with Crippen molar-refractivity contribution in [1.82, 2.24) is 10.2 Å². The fourth-order valence-electron chi connectivity index (χ4n) is 3.68. The van der Waals surface area contributed by atoms with E-state index in [0.29, 0.717) is 0 Å². The van der Waals surface area contributed by atoms with Crippen molar-refractivity contribution in [3.63, 3.8) is 0 Å². The van der Waals surface area contributed by atoms with Crippen molar-refractivity contribution in [3.05, 3.63) is 35.6 Å². The SMILES string of the molecule is COC(=O)[C@]1(C)N[C@H](c2ccccc2F)[C@H]2C(=O)N(C)C(=O)[C@H]21. The molecular formula is C16H17FN2O4. The summed E-state index contributed by atoms with van der Waals surface area (Å²) in [6, 6.07) is 5.24. The molecule has 0 aromatic heterocycles. The Morgan fingerprint density at radius 3 is 2.57 bits per heavy atom. The number of hydrogen-bond acceptors (Lipinski definition) is 5. The summed E-state index contributed by atoms with van der Waals surface area (Å²) < 4.78 is 19.0. The molecule has 0 bridgehead atoms. The van der Waals surface area contributed by atoms with Gasteiger partial charge in [0.15, 0.2) is 0 Å². The molecule has 1 N–H and O–H groups in total. The van der Waals surface area contributed by atoms with Crippen LogP contribution in [0.2, 0.25) is 0 Å². The number of esters is 1. The number of halogens is 1. The number of amides is 2. The summed E-state index contributed by atoms with van der Waals surface area (Å²) in [6.45, 7) is 1.52. The van der Waals surface area contributed by atoms with Crippen molar-refractivity contribution >= 4 is 17.8 Å². The number of carbonyl (C=O) groups excluding carboxylic acids is 3. The highest BCUT2D eigenvalue weighted by atomic mass is 19.1. The van der Waals surface area contributed by atoms with Gasteiger partial charge in [0.2, 0.25) is 11.8 Å². The number of likely N-dealkylation sites (tertiary alicyclic amines) is 1. The molecule has 0 radical (unpaired) electrons. The van der Waals surface area contributed by atoms with E-state index >= 15 is 0 Å². The van der Waals surface area contributed by atoms with E-state index in [0.717, 1.165) is 4.90 Å². The van der Waals surface area contributed by atoms with Crippen molar-refractivity contribution in [3.8, 4) is 0 Å². The van der Waals surface area contributed by atoms with Crippen LogP contribution in [0.15, 0.2) is 24.3 Å². The van der Waals surface area contributed by atoms with Gasteiger partial charge in [-0.05, 0) is 13.0 Å². The number of fused-ring (bicyclic) bond motifs is 1. The third-order valence-corrected chi connectivity index (χ3v) is 4.86. The third kappa shape index (κ3) is 1.99. The van der Waals surface area contributed by atoms with Gasteiger partial charge in [0.1, 0.15) is 11.4 Å². The van der Waals surface area contributed by atoms with Gasteiger partial charge in [0.05, 0.1) is 18.9 Å².